The molecular weight excluding hydrogens is 206 g/mol. The third-order valence-electron chi connectivity index (χ3n) is 2.66. The van der Waals surface area contributed by atoms with Gasteiger partial charge in [-0.15, -0.1) is 0 Å². The van der Waals surface area contributed by atoms with Gasteiger partial charge in [0.25, 0.3) is 0 Å². The minimum Gasteiger partial charge on any atom is -0.493 e. The molecule has 0 atom stereocenters. The number of aromatic nitrogens is 1. The van der Waals surface area contributed by atoms with Crippen LogP contribution in [0.1, 0.15) is 10.4 Å². The Morgan fingerprint density at radius 1 is 1.31 bits per heavy atom. The lowest BCUT2D eigenvalue weighted by atomic mass is 10.1. The van der Waals surface area contributed by atoms with Crippen molar-refractivity contribution in [1.29, 1.82) is 0 Å². The monoisotopic (exact) mass is 219 g/mol. The number of carbonyl (C=O) groups excluding carboxylic acids is 1. The first-order valence-electron chi connectivity index (χ1n) is 4.88. The second-order valence-electron chi connectivity index (χ2n) is 3.51. The Morgan fingerprint density at radius 2 is 2.06 bits per heavy atom. The summed E-state index contributed by atoms with van der Waals surface area (Å²) < 4.78 is 12.4. The molecule has 0 aliphatic heterocycles. The van der Waals surface area contributed by atoms with Gasteiger partial charge in [-0.2, -0.15) is 0 Å². The highest BCUT2D eigenvalue weighted by Gasteiger charge is 2.15. The van der Waals surface area contributed by atoms with Crippen LogP contribution in [0.3, 0.4) is 0 Å². The number of rotatable bonds is 3. The van der Waals surface area contributed by atoms with Crippen LogP contribution >= 0.6 is 0 Å². The predicted molar refractivity (Wildman–Crippen MR) is 61.4 cm³/mol. The van der Waals surface area contributed by atoms with Crippen LogP contribution in [0.5, 0.6) is 11.5 Å². The molecule has 1 aromatic heterocycles. The highest BCUT2D eigenvalue weighted by atomic mass is 16.5. The fourth-order valence-corrected chi connectivity index (χ4v) is 1.89. The zero-order valence-corrected chi connectivity index (χ0v) is 9.48. The second kappa shape index (κ2) is 3.89. The first-order chi connectivity index (χ1) is 7.72. The lowest BCUT2D eigenvalue weighted by Crippen LogP contribution is -1.96. The Bertz CT molecular complexity index is 543. The molecule has 0 N–H and O–H groups in total. The Hall–Kier alpha value is -1.97. The normalized spacial score (nSPS) is 10.4. The number of aryl methyl sites for hydroxylation is 1. The van der Waals surface area contributed by atoms with Crippen LogP contribution in [-0.2, 0) is 7.05 Å². The van der Waals surface area contributed by atoms with Crippen molar-refractivity contribution in [1.82, 2.24) is 4.57 Å². The van der Waals surface area contributed by atoms with Gasteiger partial charge in [0.15, 0.2) is 17.8 Å². The number of ether oxygens (including phenoxy) is 2. The molecule has 84 valence electrons. The molecule has 0 radical (unpaired) electrons. The number of methoxy groups -OCH3 is 2. The van der Waals surface area contributed by atoms with E-state index in [-0.39, 0.29) is 0 Å². The van der Waals surface area contributed by atoms with E-state index in [1.54, 1.807) is 20.3 Å². The van der Waals surface area contributed by atoms with E-state index in [4.69, 9.17) is 9.47 Å². The van der Waals surface area contributed by atoms with Gasteiger partial charge in [0.2, 0.25) is 0 Å². The number of fused-ring (bicyclic) bond motifs is 1. The van der Waals surface area contributed by atoms with Crippen molar-refractivity contribution in [2.75, 3.05) is 14.2 Å². The first kappa shape index (κ1) is 10.5. The largest absolute Gasteiger partial charge is 0.493 e. The summed E-state index contributed by atoms with van der Waals surface area (Å²) in [7, 11) is 5.05. The molecule has 0 saturated heterocycles. The van der Waals surface area contributed by atoms with Crippen LogP contribution in [0.25, 0.3) is 10.9 Å². The van der Waals surface area contributed by atoms with Crippen LogP contribution in [0.15, 0.2) is 18.3 Å². The molecule has 4 heteroatoms. The van der Waals surface area contributed by atoms with Crippen LogP contribution in [0.4, 0.5) is 0 Å². The zero-order chi connectivity index (χ0) is 11.7. The molecule has 16 heavy (non-hydrogen) atoms. The Kier molecular flexibility index (Phi) is 2.56. The predicted octanol–water partition coefficient (Wildman–Crippen LogP) is 2.01. The Morgan fingerprint density at radius 3 is 2.62 bits per heavy atom. The summed E-state index contributed by atoms with van der Waals surface area (Å²) in [6.07, 6.45) is 2.71. The quantitative estimate of drug-likeness (QED) is 0.741. The molecule has 1 aromatic carbocycles. The van der Waals surface area contributed by atoms with E-state index in [0.717, 1.165) is 17.2 Å². The highest BCUT2D eigenvalue weighted by Crippen LogP contribution is 2.37. The standard InChI is InChI=1S/C12H13NO3/c1-13-5-4-9-8(7-14)6-10(15-2)12(16-3)11(9)13/h4-7H,1-3H3. The fraction of sp³-hybridized carbons (Fsp3) is 0.250. The average Bonchev–Trinajstić information content (AvgIpc) is 2.70. The van der Waals surface area contributed by atoms with E-state index >= 15 is 0 Å². The molecule has 0 amide bonds. The van der Waals surface area contributed by atoms with Gasteiger partial charge in [-0.1, -0.05) is 0 Å². The third-order valence-corrected chi connectivity index (χ3v) is 2.66. The second-order valence-corrected chi connectivity index (χ2v) is 3.51. The van der Waals surface area contributed by atoms with E-state index in [2.05, 4.69) is 0 Å². The Labute approximate surface area is 93.4 Å². The number of hydrogen-bond donors (Lipinski definition) is 0. The van der Waals surface area contributed by atoms with Crippen molar-refractivity contribution >= 4 is 17.2 Å². The van der Waals surface area contributed by atoms with Crippen LogP contribution in [-0.4, -0.2) is 25.1 Å². The lowest BCUT2D eigenvalue weighted by Gasteiger charge is -2.11. The van der Waals surface area contributed by atoms with Crippen LogP contribution < -0.4 is 9.47 Å². The minimum atomic E-state index is 0.568. The van der Waals surface area contributed by atoms with Crippen molar-refractivity contribution in [3.63, 3.8) is 0 Å². The number of nitrogens with zero attached hydrogens (tertiary/aromatic N) is 1. The van der Waals surface area contributed by atoms with Crippen molar-refractivity contribution < 1.29 is 14.3 Å². The van der Waals surface area contributed by atoms with Crippen molar-refractivity contribution in [3.05, 3.63) is 23.9 Å². The SMILES string of the molecule is COc1cc(C=O)c2ccn(C)c2c1OC. The summed E-state index contributed by atoms with van der Waals surface area (Å²) in [5.41, 5.74) is 1.47. The van der Waals surface area contributed by atoms with Gasteiger partial charge in [-0.25, -0.2) is 0 Å². The molecule has 0 unspecified atom stereocenters. The molecule has 2 aromatic rings. The van der Waals surface area contributed by atoms with Crippen molar-refractivity contribution in [3.8, 4) is 11.5 Å². The van der Waals surface area contributed by atoms with E-state index in [1.807, 2.05) is 23.9 Å². The summed E-state index contributed by atoms with van der Waals surface area (Å²) in [5.74, 6) is 1.22. The maximum atomic E-state index is 11.0. The highest BCUT2D eigenvalue weighted by molar-refractivity contribution is 6.01. The number of benzene rings is 1. The molecule has 0 saturated carbocycles. The summed E-state index contributed by atoms with van der Waals surface area (Å²) in [4.78, 5) is 11.0. The van der Waals surface area contributed by atoms with Gasteiger partial charge >= 0.3 is 0 Å². The molecule has 1 heterocycles. The van der Waals surface area contributed by atoms with Gasteiger partial charge in [-0.3, -0.25) is 4.79 Å². The minimum absolute atomic E-state index is 0.568. The zero-order valence-electron chi connectivity index (χ0n) is 9.48. The van der Waals surface area contributed by atoms with Gasteiger partial charge in [0, 0.05) is 24.2 Å². The summed E-state index contributed by atoms with van der Waals surface area (Å²) in [5, 5.41) is 0.871. The van der Waals surface area contributed by atoms with E-state index in [1.165, 1.54) is 0 Å². The van der Waals surface area contributed by atoms with Crippen LogP contribution in [0, 0.1) is 0 Å². The number of aldehydes is 1. The lowest BCUT2D eigenvalue weighted by molar-refractivity contribution is 0.112. The van der Waals surface area contributed by atoms with Gasteiger partial charge in [-0.05, 0) is 12.1 Å². The van der Waals surface area contributed by atoms with E-state index in [9.17, 15) is 4.79 Å². The van der Waals surface area contributed by atoms with Crippen molar-refractivity contribution in [2.24, 2.45) is 7.05 Å². The third kappa shape index (κ3) is 1.34. The van der Waals surface area contributed by atoms with E-state index in [0.29, 0.717) is 17.1 Å². The molecule has 4 nitrogen and oxygen atoms in total. The molecule has 0 aliphatic carbocycles. The Balaban J connectivity index is 2.91. The molecule has 0 bridgehead atoms. The molecule has 2 rings (SSSR count). The van der Waals surface area contributed by atoms with Gasteiger partial charge in [0.05, 0.1) is 19.7 Å². The first-order valence-corrected chi connectivity index (χ1v) is 4.88. The summed E-state index contributed by atoms with van der Waals surface area (Å²) in [6.45, 7) is 0. The van der Waals surface area contributed by atoms with Crippen molar-refractivity contribution in [2.45, 2.75) is 0 Å². The molecular formula is C12H13NO3. The van der Waals surface area contributed by atoms with E-state index < -0.39 is 0 Å². The maximum absolute atomic E-state index is 11.0. The number of carbonyl (C=O) groups is 1. The summed E-state index contributed by atoms with van der Waals surface area (Å²) in [6, 6.07) is 3.58. The molecule has 0 fully saturated rings. The average molecular weight is 219 g/mol. The van der Waals surface area contributed by atoms with Gasteiger partial charge < -0.3 is 14.0 Å². The van der Waals surface area contributed by atoms with Gasteiger partial charge in [0.1, 0.15) is 0 Å². The summed E-state index contributed by atoms with van der Waals surface area (Å²) >= 11 is 0. The topological polar surface area (TPSA) is 40.5 Å². The molecule has 0 aliphatic rings. The maximum Gasteiger partial charge on any atom is 0.185 e. The molecule has 0 spiro atoms. The fourth-order valence-electron chi connectivity index (χ4n) is 1.89. The van der Waals surface area contributed by atoms with Crippen LogP contribution in [0.2, 0.25) is 0 Å². The smallest absolute Gasteiger partial charge is 0.185 e. The number of hydrogen-bond acceptors (Lipinski definition) is 3.